The van der Waals surface area contributed by atoms with E-state index in [2.05, 4.69) is 42.7 Å². The van der Waals surface area contributed by atoms with Crippen molar-refractivity contribution < 1.29 is 9.53 Å². The molecule has 5 heteroatoms. The quantitative estimate of drug-likeness (QED) is 0.897. The molecular weight excluding hydrogens is 288 g/mol. The van der Waals surface area contributed by atoms with E-state index in [4.69, 9.17) is 4.74 Å². The summed E-state index contributed by atoms with van der Waals surface area (Å²) in [6.45, 7) is 8.50. The van der Waals surface area contributed by atoms with E-state index in [1.165, 1.54) is 16.7 Å². The minimum absolute atomic E-state index is 0. The Morgan fingerprint density at radius 1 is 1.48 bits per heavy atom. The maximum atomic E-state index is 12.1. The van der Waals surface area contributed by atoms with E-state index in [-0.39, 0.29) is 30.5 Å². The van der Waals surface area contributed by atoms with Gasteiger partial charge in [-0.15, -0.1) is 12.4 Å². The highest BCUT2D eigenvalue weighted by molar-refractivity contribution is 5.85. The molecule has 2 atom stereocenters. The Labute approximate surface area is 133 Å². The third-order valence-corrected chi connectivity index (χ3v) is 3.69. The van der Waals surface area contributed by atoms with E-state index < -0.39 is 0 Å². The van der Waals surface area contributed by atoms with Gasteiger partial charge in [-0.1, -0.05) is 23.8 Å². The van der Waals surface area contributed by atoms with Crippen molar-refractivity contribution >= 4 is 18.3 Å². The first kappa shape index (κ1) is 18.0. The normalized spacial score (nSPS) is 19.5. The van der Waals surface area contributed by atoms with Crippen LogP contribution in [0.15, 0.2) is 18.2 Å². The van der Waals surface area contributed by atoms with Crippen molar-refractivity contribution in [3.8, 4) is 0 Å². The molecular formula is C16H25ClN2O2. The fourth-order valence-corrected chi connectivity index (χ4v) is 2.65. The first-order valence-corrected chi connectivity index (χ1v) is 7.25. The van der Waals surface area contributed by atoms with Crippen LogP contribution in [0.3, 0.4) is 0 Å². The topological polar surface area (TPSA) is 50.4 Å². The van der Waals surface area contributed by atoms with Crippen LogP contribution in [-0.2, 0) is 9.53 Å². The summed E-state index contributed by atoms with van der Waals surface area (Å²) >= 11 is 0. The molecule has 1 amide bonds. The Kier molecular flexibility index (Phi) is 7.15. The molecule has 1 aromatic carbocycles. The van der Waals surface area contributed by atoms with E-state index in [9.17, 15) is 4.79 Å². The predicted molar refractivity (Wildman–Crippen MR) is 86.9 cm³/mol. The molecule has 1 aliphatic rings. The van der Waals surface area contributed by atoms with Gasteiger partial charge in [0.25, 0.3) is 0 Å². The lowest BCUT2D eigenvalue weighted by Crippen LogP contribution is -2.41. The Balaban J connectivity index is 0.00000220. The van der Waals surface area contributed by atoms with Gasteiger partial charge in [0, 0.05) is 13.1 Å². The Hall–Kier alpha value is -1.10. The van der Waals surface area contributed by atoms with Crippen molar-refractivity contribution in [3.05, 3.63) is 34.9 Å². The van der Waals surface area contributed by atoms with Crippen LogP contribution in [0, 0.1) is 13.8 Å². The molecule has 2 N–H and O–H groups in total. The molecule has 0 aromatic heterocycles. The number of morpholine rings is 1. The molecule has 0 spiro atoms. The predicted octanol–water partition coefficient (Wildman–Crippen LogP) is 2.28. The Bertz CT molecular complexity index is 473. The second-order valence-electron chi connectivity index (χ2n) is 5.55. The third kappa shape index (κ3) is 5.30. The van der Waals surface area contributed by atoms with Crippen molar-refractivity contribution in [2.24, 2.45) is 0 Å². The molecule has 21 heavy (non-hydrogen) atoms. The largest absolute Gasteiger partial charge is 0.375 e. The highest BCUT2D eigenvalue weighted by atomic mass is 35.5. The number of benzene rings is 1. The fraction of sp³-hybridized carbons (Fsp3) is 0.562. The number of nitrogens with one attached hydrogen (secondary N) is 2. The van der Waals surface area contributed by atoms with Crippen LogP contribution in [0.4, 0.5) is 0 Å². The number of rotatable bonds is 4. The monoisotopic (exact) mass is 312 g/mol. The van der Waals surface area contributed by atoms with Gasteiger partial charge in [0.2, 0.25) is 5.91 Å². The van der Waals surface area contributed by atoms with Gasteiger partial charge in [-0.2, -0.15) is 0 Å². The summed E-state index contributed by atoms with van der Waals surface area (Å²) in [5, 5.41) is 6.29. The summed E-state index contributed by atoms with van der Waals surface area (Å²) in [6.07, 6.45) is 0.414. The average Bonchev–Trinajstić information content (AvgIpc) is 2.39. The van der Waals surface area contributed by atoms with Crippen molar-refractivity contribution in [1.82, 2.24) is 10.6 Å². The van der Waals surface area contributed by atoms with Crippen LogP contribution >= 0.6 is 12.4 Å². The molecule has 118 valence electrons. The van der Waals surface area contributed by atoms with Crippen LogP contribution in [0.2, 0.25) is 0 Å². The molecule has 2 rings (SSSR count). The van der Waals surface area contributed by atoms with Gasteiger partial charge >= 0.3 is 0 Å². The summed E-state index contributed by atoms with van der Waals surface area (Å²) in [7, 11) is 0. The van der Waals surface area contributed by atoms with E-state index >= 15 is 0 Å². The third-order valence-electron chi connectivity index (χ3n) is 3.69. The zero-order valence-corrected chi connectivity index (χ0v) is 13.8. The first-order chi connectivity index (χ1) is 9.56. The summed E-state index contributed by atoms with van der Waals surface area (Å²) in [6, 6.07) is 6.35. The second-order valence-corrected chi connectivity index (χ2v) is 5.55. The highest BCUT2D eigenvalue weighted by Gasteiger charge is 2.19. The lowest BCUT2D eigenvalue weighted by molar-refractivity contribution is -0.125. The average molecular weight is 313 g/mol. The van der Waals surface area contributed by atoms with Crippen LogP contribution in [0.1, 0.15) is 36.1 Å². The van der Waals surface area contributed by atoms with Gasteiger partial charge in [-0.05, 0) is 31.9 Å². The lowest BCUT2D eigenvalue weighted by atomic mass is 10.00. The summed E-state index contributed by atoms with van der Waals surface area (Å²) in [5.41, 5.74) is 3.63. The number of amides is 1. The lowest BCUT2D eigenvalue weighted by Gasteiger charge is -2.24. The minimum atomic E-state index is -0.00457. The van der Waals surface area contributed by atoms with Gasteiger partial charge in [-0.3, -0.25) is 4.79 Å². The first-order valence-electron chi connectivity index (χ1n) is 7.25. The zero-order valence-electron chi connectivity index (χ0n) is 12.9. The molecule has 2 unspecified atom stereocenters. The van der Waals surface area contributed by atoms with Crippen molar-refractivity contribution in [1.29, 1.82) is 0 Å². The van der Waals surface area contributed by atoms with Crippen LogP contribution in [0.5, 0.6) is 0 Å². The standard InChI is InChI=1S/C16H24N2O2.ClH/c1-11-4-5-15(12(2)8-11)13(3)18-16(19)9-14-10-17-6-7-20-14;/h4-5,8,13-14,17H,6-7,9-10H2,1-3H3,(H,18,19);1H. The summed E-state index contributed by atoms with van der Waals surface area (Å²) in [5.74, 6) is 0.0474. The number of halogens is 1. The van der Waals surface area contributed by atoms with Gasteiger partial charge < -0.3 is 15.4 Å². The molecule has 1 aromatic rings. The number of hydrogen-bond donors (Lipinski definition) is 2. The number of carbonyl (C=O) groups is 1. The molecule has 0 aliphatic carbocycles. The second kappa shape index (κ2) is 8.37. The van der Waals surface area contributed by atoms with E-state index in [0.29, 0.717) is 13.0 Å². The van der Waals surface area contributed by atoms with Crippen LogP contribution in [-0.4, -0.2) is 31.7 Å². The van der Waals surface area contributed by atoms with Gasteiger partial charge in [0.1, 0.15) is 0 Å². The zero-order chi connectivity index (χ0) is 14.5. The molecule has 4 nitrogen and oxygen atoms in total. The van der Waals surface area contributed by atoms with Crippen LogP contribution < -0.4 is 10.6 Å². The smallest absolute Gasteiger partial charge is 0.223 e. The van der Waals surface area contributed by atoms with Crippen molar-refractivity contribution in [2.75, 3.05) is 19.7 Å². The van der Waals surface area contributed by atoms with E-state index in [0.717, 1.165) is 13.1 Å². The molecule has 1 aliphatic heterocycles. The molecule has 0 saturated carbocycles. The summed E-state index contributed by atoms with van der Waals surface area (Å²) in [4.78, 5) is 12.1. The van der Waals surface area contributed by atoms with Crippen LogP contribution in [0.25, 0.3) is 0 Å². The molecule has 0 radical (unpaired) electrons. The van der Waals surface area contributed by atoms with Gasteiger partial charge in [0.15, 0.2) is 0 Å². The van der Waals surface area contributed by atoms with E-state index in [1.807, 2.05) is 6.92 Å². The molecule has 1 fully saturated rings. The molecule has 1 heterocycles. The maximum absolute atomic E-state index is 12.1. The minimum Gasteiger partial charge on any atom is -0.375 e. The van der Waals surface area contributed by atoms with Crippen molar-refractivity contribution in [3.63, 3.8) is 0 Å². The number of ether oxygens (including phenoxy) is 1. The van der Waals surface area contributed by atoms with E-state index in [1.54, 1.807) is 0 Å². The summed E-state index contributed by atoms with van der Waals surface area (Å²) < 4.78 is 5.55. The number of aryl methyl sites for hydroxylation is 2. The van der Waals surface area contributed by atoms with Crippen molar-refractivity contribution in [2.45, 2.75) is 39.3 Å². The SMILES string of the molecule is Cc1ccc(C(C)NC(=O)CC2CNCCO2)c(C)c1.Cl. The Morgan fingerprint density at radius 2 is 2.24 bits per heavy atom. The fourth-order valence-electron chi connectivity index (χ4n) is 2.65. The van der Waals surface area contributed by atoms with Gasteiger partial charge in [-0.25, -0.2) is 0 Å². The number of carbonyl (C=O) groups excluding carboxylic acids is 1. The van der Waals surface area contributed by atoms with Gasteiger partial charge in [0.05, 0.1) is 25.2 Å². The number of hydrogen-bond acceptors (Lipinski definition) is 3. The molecule has 1 saturated heterocycles. The highest BCUT2D eigenvalue weighted by Crippen LogP contribution is 2.18. The maximum Gasteiger partial charge on any atom is 0.223 e. The Morgan fingerprint density at radius 3 is 2.86 bits per heavy atom. The molecule has 0 bridgehead atoms.